The number of benzene rings is 1. The van der Waals surface area contributed by atoms with Crippen molar-refractivity contribution < 1.29 is 14.3 Å². The molecule has 3 aromatic rings. The Balaban J connectivity index is 1.92. The van der Waals surface area contributed by atoms with Gasteiger partial charge >= 0.3 is 5.97 Å². The van der Waals surface area contributed by atoms with Gasteiger partial charge in [0, 0.05) is 24.9 Å². The molecule has 0 aliphatic carbocycles. The first-order valence-electron chi connectivity index (χ1n) is 8.36. The molecule has 0 spiro atoms. The lowest BCUT2D eigenvalue weighted by molar-refractivity contribution is -0.142. The molecule has 1 aromatic carbocycles. The van der Waals surface area contributed by atoms with Gasteiger partial charge in [0.05, 0.1) is 25.4 Å². The first-order chi connectivity index (χ1) is 13.0. The molecular weight excluding hydrogens is 348 g/mol. The average Bonchev–Trinajstić information content (AvgIpc) is 3.08. The number of carbonyl (C=O) groups excluding carboxylic acids is 2. The van der Waals surface area contributed by atoms with Gasteiger partial charge in [-0.05, 0) is 18.6 Å². The van der Waals surface area contributed by atoms with Crippen LogP contribution in [0.15, 0.2) is 53.7 Å². The van der Waals surface area contributed by atoms with Crippen molar-refractivity contribution in [3.8, 4) is 5.69 Å². The number of carbonyl (C=O) groups is 2. The second-order valence-electron chi connectivity index (χ2n) is 5.86. The van der Waals surface area contributed by atoms with Gasteiger partial charge < -0.3 is 4.74 Å². The van der Waals surface area contributed by atoms with Gasteiger partial charge in [0.15, 0.2) is 5.69 Å². The molecule has 2 heterocycles. The van der Waals surface area contributed by atoms with E-state index < -0.39 is 11.2 Å². The molecule has 0 atom stereocenters. The number of rotatable bonds is 6. The summed E-state index contributed by atoms with van der Waals surface area (Å²) in [5.41, 5.74) is 0.862. The zero-order chi connectivity index (χ0) is 19.4. The molecule has 0 bridgehead atoms. The van der Waals surface area contributed by atoms with Crippen molar-refractivity contribution in [1.82, 2.24) is 19.6 Å². The smallest absolute Gasteiger partial charge is 0.310 e. The average molecular weight is 366 g/mol. The Morgan fingerprint density at radius 1 is 1.22 bits per heavy atom. The highest BCUT2D eigenvalue weighted by atomic mass is 16.5. The summed E-state index contributed by atoms with van der Waals surface area (Å²) < 4.78 is 7.93. The largest absolute Gasteiger partial charge is 0.466 e. The summed E-state index contributed by atoms with van der Waals surface area (Å²) in [5, 5.41) is 8.21. The van der Waals surface area contributed by atoms with E-state index in [-0.39, 0.29) is 23.6 Å². The van der Waals surface area contributed by atoms with Crippen molar-refractivity contribution in [2.45, 2.75) is 13.3 Å². The Kier molecular flexibility index (Phi) is 5.25. The second-order valence-corrected chi connectivity index (χ2v) is 5.86. The van der Waals surface area contributed by atoms with Gasteiger partial charge in [-0.1, -0.05) is 18.2 Å². The van der Waals surface area contributed by atoms with Crippen molar-refractivity contribution >= 4 is 11.8 Å². The van der Waals surface area contributed by atoms with Crippen molar-refractivity contribution in [2.24, 2.45) is 7.05 Å². The van der Waals surface area contributed by atoms with E-state index in [2.05, 4.69) is 10.2 Å². The van der Waals surface area contributed by atoms with Gasteiger partial charge in [-0.25, -0.2) is 4.68 Å². The van der Waals surface area contributed by atoms with Crippen LogP contribution in [0, 0.1) is 0 Å². The summed E-state index contributed by atoms with van der Waals surface area (Å²) in [7, 11) is 1.76. The van der Waals surface area contributed by atoms with Crippen molar-refractivity contribution in [2.75, 3.05) is 6.61 Å². The summed E-state index contributed by atoms with van der Waals surface area (Å²) in [4.78, 5) is 36.6. The Morgan fingerprint density at radius 2 is 2.04 bits per heavy atom. The molecule has 0 saturated heterocycles. The van der Waals surface area contributed by atoms with E-state index in [4.69, 9.17) is 4.74 Å². The third kappa shape index (κ3) is 4.17. The van der Waals surface area contributed by atoms with E-state index in [9.17, 15) is 14.4 Å². The lowest BCUT2D eigenvalue weighted by Crippen LogP contribution is -2.21. The van der Waals surface area contributed by atoms with Crippen LogP contribution in [0.5, 0.6) is 0 Å². The van der Waals surface area contributed by atoms with Gasteiger partial charge in [-0.2, -0.15) is 10.2 Å². The minimum Gasteiger partial charge on any atom is -0.466 e. The van der Waals surface area contributed by atoms with Crippen LogP contribution in [0.4, 0.5) is 0 Å². The summed E-state index contributed by atoms with van der Waals surface area (Å²) in [5.74, 6) is -0.886. The van der Waals surface area contributed by atoms with Crippen LogP contribution in [-0.4, -0.2) is 37.9 Å². The van der Waals surface area contributed by atoms with E-state index in [1.807, 2.05) is 0 Å². The summed E-state index contributed by atoms with van der Waals surface area (Å²) >= 11 is 0. The number of ketones is 1. The molecule has 8 nitrogen and oxygen atoms in total. The fraction of sp³-hybridized carbons (Fsp3) is 0.211. The topological polar surface area (TPSA) is 96.1 Å². The Bertz CT molecular complexity index is 1050. The van der Waals surface area contributed by atoms with E-state index >= 15 is 0 Å². The van der Waals surface area contributed by atoms with E-state index in [0.29, 0.717) is 17.9 Å². The van der Waals surface area contributed by atoms with Crippen molar-refractivity contribution in [3.63, 3.8) is 0 Å². The van der Waals surface area contributed by atoms with Crippen molar-refractivity contribution in [1.29, 1.82) is 0 Å². The summed E-state index contributed by atoms with van der Waals surface area (Å²) in [6.07, 6.45) is 4.82. The Labute approximate surface area is 155 Å². The molecule has 0 N–H and O–H groups in total. The molecule has 3 rings (SSSR count). The van der Waals surface area contributed by atoms with Gasteiger partial charge in [0.1, 0.15) is 5.69 Å². The maximum absolute atomic E-state index is 12.8. The number of aryl methyl sites for hydroxylation is 1. The number of esters is 1. The van der Waals surface area contributed by atoms with Gasteiger partial charge in [0.25, 0.3) is 0 Å². The normalized spacial score (nSPS) is 10.6. The van der Waals surface area contributed by atoms with Crippen LogP contribution >= 0.6 is 0 Å². The number of aromatic nitrogens is 4. The molecule has 0 saturated carbocycles. The fourth-order valence-electron chi connectivity index (χ4n) is 2.57. The van der Waals surface area contributed by atoms with Crippen LogP contribution in [0.2, 0.25) is 0 Å². The number of hydrogen-bond acceptors (Lipinski definition) is 6. The minimum atomic E-state index is -0.510. The minimum absolute atomic E-state index is 0.0527. The highest BCUT2D eigenvalue weighted by Gasteiger charge is 2.17. The molecule has 0 unspecified atom stereocenters. The molecule has 0 fully saturated rings. The SMILES string of the molecule is CCOC(=O)Cc1cccc(C(=O)c2nn(-c3cnn(C)c3)ccc2=O)c1. The van der Waals surface area contributed by atoms with Gasteiger partial charge in [-0.3, -0.25) is 19.1 Å². The zero-order valence-corrected chi connectivity index (χ0v) is 15.0. The lowest BCUT2D eigenvalue weighted by Gasteiger charge is -2.06. The van der Waals surface area contributed by atoms with Crippen LogP contribution in [0.3, 0.4) is 0 Å². The lowest BCUT2D eigenvalue weighted by atomic mass is 10.0. The number of hydrogen-bond donors (Lipinski definition) is 0. The first-order valence-corrected chi connectivity index (χ1v) is 8.36. The fourth-order valence-corrected chi connectivity index (χ4v) is 2.57. The third-order valence-electron chi connectivity index (χ3n) is 3.82. The van der Waals surface area contributed by atoms with E-state index in [1.54, 1.807) is 55.3 Å². The highest BCUT2D eigenvalue weighted by Crippen LogP contribution is 2.11. The molecule has 8 heteroatoms. The Hall–Kier alpha value is -3.55. The van der Waals surface area contributed by atoms with Gasteiger partial charge in [-0.15, -0.1) is 0 Å². The predicted molar refractivity (Wildman–Crippen MR) is 96.8 cm³/mol. The monoisotopic (exact) mass is 366 g/mol. The zero-order valence-electron chi connectivity index (χ0n) is 15.0. The number of nitrogens with zero attached hydrogens (tertiary/aromatic N) is 4. The molecule has 0 amide bonds. The first kappa shape index (κ1) is 18.2. The van der Waals surface area contributed by atoms with Gasteiger partial charge in [0.2, 0.25) is 11.2 Å². The second kappa shape index (κ2) is 7.77. The van der Waals surface area contributed by atoms with E-state index in [1.165, 1.54) is 16.9 Å². The predicted octanol–water partition coefficient (Wildman–Crippen LogP) is 1.30. The van der Waals surface area contributed by atoms with Crippen LogP contribution in [0.1, 0.15) is 28.5 Å². The standard InChI is InChI=1S/C19H18N4O4/c1-3-27-17(25)10-13-5-4-6-14(9-13)19(26)18-16(24)7-8-23(21-18)15-11-20-22(2)12-15/h4-9,11-12H,3,10H2,1-2H3. The third-order valence-corrected chi connectivity index (χ3v) is 3.82. The molecule has 27 heavy (non-hydrogen) atoms. The maximum atomic E-state index is 12.8. The highest BCUT2D eigenvalue weighted by molar-refractivity contribution is 6.07. The quantitative estimate of drug-likeness (QED) is 0.482. The summed E-state index contributed by atoms with van der Waals surface area (Å²) in [6.45, 7) is 2.02. The molecule has 0 radical (unpaired) electrons. The van der Waals surface area contributed by atoms with Crippen LogP contribution in [-0.2, 0) is 23.0 Å². The maximum Gasteiger partial charge on any atom is 0.310 e. The molecular formula is C19H18N4O4. The molecule has 138 valence electrons. The van der Waals surface area contributed by atoms with E-state index in [0.717, 1.165) is 0 Å². The molecule has 0 aliphatic heterocycles. The van der Waals surface area contributed by atoms with Crippen LogP contribution in [0.25, 0.3) is 5.69 Å². The van der Waals surface area contributed by atoms with Crippen molar-refractivity contribution in [3.05, 3.63) is 76.0 Å². The molecule has 2 aromatic heterocycles. The summed E-state index contributed by atoms with van der Waals surface area (Å²) in [6, 6.07) is 7.82. The number of ether oxygens (including phenoxy) is 1. The molecule has 0 aliphatic rings. The van der Waals surface area contributed by atoms with Crippen LogP contribution < -0.4 is 5.43 Å². The Morgan fingerprint density at radius 3 is 2.74 bits per heavy atom.